The molecule has 0 spiro atoms. The number of urea groups is 2. The van der Waals surface area contributed by atoms with Crippen LogP contribution < -0.4 is 20.8 Å². The fourth-order valence-corrected chi connectivity index (χ4v) is 3.92. The number of hydrazine groups is 2. The third kappa shape index (κ3) is 6.25. The summed E-state index contributed by atoms with van der Waals surface area (Å²) in [7, 11) is 1.49. The van der Waals surface area contributed by atoms with Crippen molar-refractivity contribution in [2.75, 3.05) is 25.5 Å². The minimum atomic E-state index is -1.10. The fraction of sp³-hybridized carbons (Fsp3) is 0.455. The van der Waals surface area contributed by atoms with Gasteiger partial charge in [0.2, 0.25) is 11.8 Å². The number of fused-ring (bicyclic) bond motifs is 1. The van der Waals surface area contributed by atoms with Crippen molar-refractivity contribution in [1.29, 1.82) is 0 Å². The van der Waals surface area contributed by atoms with Crippen LogP contribution in [0.3, 0.4) is 0 Å². The van der Waals surface area contributed by atoms with Gasteiger partial charge in [-0.1, -0.05) is 6.07 Å². The molecule has 0 bridgehead atoms. The lowest BCUT2D eigenvalue weighted by atomic mass is 10.1. The van der Waals surface area contributed by atoms with Crippen LogP contribution in [0.1, 0.15) is 32.6 Å². The van der Waals surface area contributed by atoms with Gasteiger partial charge in [-0.15, -0.1) is 0 Å². The third-order valence-electron chi connectivity index (χ3n) is 5.53. The van der Waals surface area contributed by atoms with E-state index in [1.54, 1.807) is 24.3 Å². The largest absolute Gasteiger partial charge is 0.497 e. The van der Waals surface area contributed by atoms with E-state index in [2.05, 4.69) is 16.1 Å². The molecule has 2 fully saturated rings. The molecule has 0 saturated carbocycles. The topological polar surface area (TPSA) is 157 Å². The second-order valence-electron chi connectivity index (χ2n) is 8.16. The van der Waals surface area contributed by atoms with E-state index in [0.717, 1.165) is 10.0 Å². The van der Waals surface area contributed by atoms with Gasteiger partial charge in [-0.25, -0.2) is 30.0 Å². The lowest BCUT2D eigenvalue weighted by molar-refractivity contribution is -0.155. The second kappa shape index (κ2) is 11.3. The van der Waals surface area contributed by atoms with Crippen LogP contribution in [-0.4, -0.2) is 83.3 Å². The lowest BCUT2D eigenvalue weighted by Crippen LogP contribution is -2.65. The summed E-state index contributed by atoms with van der Waals surface area (Å²) >= 11 is 0. The number of ether oxygens (including phenoxy) is 1. The zero-order valence-corrected chi connectivity index (χ0v) is 19.5. The summed E-state index contributed by atoms with van der Waals surface area (Å²) in [5.74, 6) is -0.817. The molecule has 2 aliphatic heterocycles. The Morgan fingerprint density at radius 3 is 2.69 bits per heavy atom. The van der Waals surface area contributed by atoms with Crippen molar-refractivity contribution in [2.45, 2.75) is 44.7 Å². The summed E-state index contributed by atoms with van der Waals surface area (Å²) < 4.78 is 5.12. The van der Waals surface area contributed by atoms with Crippen LogP contribution in [0.4, 0.5) is 15.3 Å². The van der Waals surface area contributed by atoms with Crippen LogP contribution in [0.15, 0.2) is 24.3 Å². The van der Waals surface area contributed by atoms with Crippen LogP contribution in [0, 0.1) is 0 Å². The highest BCUT2D eigenvalue weighted by molar-refractivity contribution is 5.94. The van der Waals surface area contributed by atoms with E-state index in [1.807, 2.05) is 0 Å². The SMILES string of the molecule is COc1cccc(NC(=O)NN2CCC(=O)N3CCCC(C(=O)NC(C=O)CC(C)=O)N3C2=O)c1. The van der Waals surface area contributed by atoms with Gasteiger partial charge in [0.25, 0.3) is 0 Å². The Bertz CT molecular complexity index is 1020. The maximum absolute atomic E-state index is 13.4. The Labute approximate surface area is 201 Å². The van der Waals surface area contributed by atoms with Gasteiger partial charge in [-0.3, -0.25) is 14.4 Å². The summed E-state index contributed by atoms with van der Waals surface area (Å²) in [6.07, 6.45) is 0.882. The van der Waals surface area contributed by atoms with Crippen LogP contribution in [0.25, 0.3) is 0 Å². The molecule has 3 rings (SSSR count). The number of benzene rings is 1. The van der Waals surface area contributed by atoms with Crippen molar-refractivity contribution in [3.05, 3.63) is 24.3 Å². The molecule has 2 heterocycles. The third-order valence-corrected chi connectivity index (χ3v) is 5.53. The zero-order chi connectivity index (χ0) is 25.5. The smallest absolute Gasteiger partial charge is 0.358 e. The first-order chi connectivity index (χ1) is 16.7. The summed E-state index contributed by atoms with van der Waals surface area (Å²) in [6, 6.07) is 2.96. The van der Waals surface area contributed by atoms with E-state index in [-0.39, 0.29) is 44.0 Å². The van der Waals surface area contributed by atoms with Crippen LogP contribution in [-0.2, 0) is 19.2 Å². The highest BCUT2D eigenvalue weighted by atomic mass is 16.5. The zero-order valence-electron chi connectivity index (χ0n) is 19.5. The van der Waals surface area contributed by atoms with Crippen molar-refractivity contribution in [1.82, 2.24) is 25.8 Å². The number of ketones is 1. The van der Waals surface area contributed by atoms with E-state index < -0.39 is 30.1 Å². The van der Waals surface area contributed by atoms with Gasteiger partial charge < -0.3 is 20.2 Å². The Balaban J connectivity index is 1.75. The molecule has 188 valence electrons. The van der Waals surface area contributed by atoms with Crippen molar-refractivity contribution < 1.29 is 33.5 Å². The van der Waals surface area contributed by atoms with Crippen LogP contribution in [0.2, 0.25) is 0 Å². The van der Waals surface area contributed by atoms with Crippen molar-refractivity contribution in [3.63, 3.8) is 0 Å². The summed E-state index contributed by atoms with van der Waals surface area (Å²) in [4.78, 5) is 74.2. The first kappa shape index (κ1) is 25.5. The number of rotatable bonds is 8. The van der Waals surface area contributed by atoms with Gasteiger partial charge in [0.15, 0.2) is 0 Å². The molecule has 2 atom stereocenters. The van der Waals surface area contributed by atoms with Gasteiger partial charge in [0.05, 0.1) is 19.7 Å². The monoisotopic (exact) mass is 488 g/mol. The molecule has 2 saturated heterocycles. The van der Waals surface area contributed by atoms with Gasteiger partial charge in [0, 0.05) is 31.1 Å². The summed E-state index contributed by atoms with van der Waals surface area (Å²) in [5.41, 5.74) is 2.84. The van der Waals surface area contributed by atoms with Crippen molar-refractivity contribution in [3.8, 4) is 5.75 Å². The van der Waals surface area contributed by atoms with E-state index in [1.165, 1.54) is 19.0 Å². The molecule has 35 heavy (non-hydrogen) atoms. The van der Waals surface area contributed by atoms with E-state index >= 15 is 0 Å². The molecule has 3 N–H and O–H groups in total. The number of carbonyl (C=O) groups excluding carboxylic acids is 6. The first-order valence-corrected chi connectivity index (χ1v) is 11.1. The molecule has 0 radical (unpaired) electrons. The Morgan fingerprint density at radius 2 is 2.00 bits per heavy atom. The molecule has 1 aromatic rings. The molecular formula is C22H28N6O7. The molecular weight excluding hydrogens is 460 g/mol. The number of aldehydes is 1. The quantitative estimate of drug-likeness (QED) is 0.448. The standard InChI is InChI=1S/C22H28N6O7/c1-14(30)11-16(13-29)23-20(32)18-7-4-9-27-19(31)8-10-26(22(34)28(18)27)25-21(33)24-15-5-3-6-17(12-15)35-2/h3,5-6,12-13,16,18H,4,7-11H2,1-2H3,(H,23,32)(H2,24,25,33). The molecule has 13 heteroatoms. The van der Waals surface area contributed by atoms with Crippen molar-refractivity contribution >= 4 is 41.6 Å². The molecule has 0 aliphatic carbocycles. The Morgan fingerprint density at radius 1 is 1.23 bits per heavy atom. The Kier molecular flexibility index (Phi) is 8.23. The van der Waals surface area contributed by atoms with E-state index in [9.17, 15) is 28.8 Å². The normalized spacial score (nSPS) is 18.7. The number of amides is 6. The van der Waals surface area contributed by atoms with Gasteiger partial charge in [-0.05, 0) is 31.9 Å². The number of methoxy groups -OCH3 is 1. The van der Waals surface area contributed by atoms with Crippen LogP contribution in [0.5, 0.6) is 5.75 Å². The fourth-order valence-electron chi connectivity index (χ4n) is 3.92. The highest BCUT2D eigenvalue weighted by Crippen LogP contribution is 2.24. The Hall–Kier alpha value is -4.16. The first-order valence-electron chi connectivity index (χ1n) is 11.1. The molecule has 2 unspecified atom stereocenters. The number of Topliss-reactive ketones (excluding diaryl/α,β-unsaturated/α-hetero) is 1. The maximum atomic E-state index is 13.4. The van der Waals surface area contributed by atoms with Crippen LogP contribution >= 0.6 is 0 Å². The predicted molar refractivity (Wildman–Crippen MR) is 122 cm³/mol. The predicted octanol–water partition coefficient (Wildman–Crippen LogP) is 0.428. The van der Waals surface area contributed by atoms with E-state index in [4.69, 9.17) is 4.74 Å². The average Bonchev–Trinajstić information content (AvgIpc) is 2.95. The highest BCUT2D eigenvalue weighted by Gasteiger charge is 2.44. The second-order valence-corrected chi connectivity index (χ2v) is 8.16. The number of nitrogens with one attached hydrogen (secondary N) is 3. The number of nitrogens with zero attached hydrogens (tertiary/aromatic N) is 3. The summed E-state index contributed by atoms with van der Waals surface area (Å²) in [5, 5.41) is 8.22. The average molecular weight is 489 g/mol. The number of carbonyl (C=O) groups is 6. The molecule has 2 aliphatic rings. The molecule has 6 amide bonds. The molecule has 13 nitrogen and oxygen atoms in total. The maximum Gasteiger partial charge on any atom is 0.358 e. The number of hydrogen-bond acceptors (Lipinski definition) is 7. The molecule has 1 aromatic carbocycles. The summed E-state index contributed by atoms with van der Waals surface area (Å²) in [6.45, 7) is 1.41. The minimum Gasteiger partial charge on any atom is -0.497 e. The van der Waals surface area contributed by atoms with Gasteiger partial charge >= 0.3 is 12.1 Å². The van der Waals surface area contributed by atoms with Crippen molar-refractivity contribution in [2.24, 2.45) is 0 Å². The number of anilines is 1. The minimum absolute atomic E-state index is 0.0721. The van der Waals surface area contributed by atoms with Gasteiger partial charge in [-0.2, -0.15) is 0 Å². The van der Waals surface area contributed by atoms with E-state index in [0.29, 0.717) is 24.1 Å². The van der Waals surface area contributed by atoms with Gasteiger partial charge in [0.1, 0.15) is 23.9 Å². The lowest BCUT2D eigenvalue weighted by Gasteiger charge is -2.42. The number of hydrogen-bond donors (Lipinski definition) is 3. The molecule has 0 aromatic heterocycles.